The van der Waals surface area contributed by atoms with Crippen LogP contribution in [0.2, 0.25) is 0 Å². The Balaban J connectivity index is 2.43. The van der Waals surface area contributed by atoms with Crippen molar-refractivity contribution >= 4 is 0 Å². The van der Waals surface area contributed by atoms with Gasteiger partial charge >= 0.3 is 0 Å². The third kappa shape index (κ3) is 1.48. The highest BCUT2D eigenvalue weighted by Gasteiger charge is 2.36. The van der Waals surface area contributed by atoms with Crippen molar-refractivity contribution < 1.29 is 9.94 Å². The third-order valence-corrected chi connectivity index (χ3v) is 2.19. The number of hydrogen-bond acceptors (Lipinski definition) is 3. The first-order valence-corrected chi connectivity index (χ1v) is 3.68. The minimum Gasteiger partial charge on any atom is -0.388 e. The molecule has 0 bridgehead atoms. The van der Waals surface area contributed by atoms with Crippen LogP contribution < -0.4 is 5.48 Å². The molecule has 0 amide bonds. The normalized spacial score (nSPS) is 40.5. The lowest BCUT2D eigenvalue weighted by Gasteiger charge is -2.24. The zero-order valence-corrected chi connectivity index (χ0v) is 6.55. The Morgan fingerprint density at radius 1 is 1.70 bits per heavy atom. The van der Waals surface area contributed by atoms with E-state index >= 15 is 0 Å². The Morgan fingerprint density at radius 2 is 2.40 bits per heavy atom. The molecule has 0 spiro atoms. The van der Waals surface area contributed by atoms with Gasteiger partial charge in [-0.15, -0.1) is 0 Å². The average molecular weight is 145 g/mol. The van der Waals surface area contributed by atoms with E-state index in [1.807, 2.05) is 6.92 Å². The van der Waals surface area contributed by atoms with E-state index in [-0.39, 0.29) is 6.04 Å². The lowest BCUT2D eigenvalue weighted by molar-refractivity contribution is -0.0317. The van der Waals surface area contributed by atoms with E-state index in [9.17, 15) is 5.11 Å². The molecule has 1 aliphatic rings. The highest BCUT2D eigenvalue weighted by atomic mass is 16.6. The molecule has 10 heavy (non-hydrogen) atoms. The Bertz CT molecular complexity index is 114. The van der Waals surface area contributed by atoms with Gasteiger partial charge in [0.25, 0.3) is 0 Å². The van der Waals surface area contributed by atoms with Crippen LogP contribution in [0.4, 0.5) is 0 Å². The van der Waals surface area contributed by atoms with Gasteiger partial charge in [-0.2, -0.15) is 5.48 Å². The van der Waals surface area contributed by atoms with Crippen LogP contribution in [-0.4, -0.2) is 23.9 Å². The zero-order chi connectivity index (χ0) is 7.61. The van der Waals surface area contributed by atoms with E-state index in [0.29, 0.717) is 0 Å². The summed E-state index contributed by atoms with van der Waals surface area (Å²) in [6.45, 7) is 1.84. The fourth-order valence-corrected chi connectivity index (χ4v) is 1.48. The van der Waals surface area contributed by atoms with Crippen molar-refractivity contribution in [1.29, 1.82) is 0 Å². The van der Waals surface area contributed by atoms with Gasteiger partial charge in [0.2, 0.25) is 0 Å². The predicted molar refractivity (Wildman–Crippen MR) is 38.4 cm³/mol. The van der Waals surface area contributed by atoms with Gasteiger partial charge in [-0.3, -0.25) is 0 Å². The van der Waals surface area contributed by atoms with Crippen molar-refractivity contribution in [3.05, 3.63) is 0 Å². The molecule has 60 valence electrons. The van der Waals surface area contributed by atoms with Crippen LogP contribution in [0.15, 0.2) is 0 Å². The van der Waals surface area contributed by atoms with E-state index in [0.717, 1.165) is 19.3 Å². The van der Waals surface area contributed by atoms with Gasteiger partial charge < -0.3 is 9.94 Å². The van der Waals surface area contributed by atoms with Crippen molar-refractivity contribution in [2.45, 2.75) is 37.8 Å². The van der Waals surface area contributed by atoms with Gasteiger partial charge in [-0.05, 0) is 26.2 Å². The Morgan fingerprint density at radius 3 is 2.80 bits per heavy atom. The van der Waals surface area contributed by atoms with Crippen molar-refractivity contribution in [1.82, 2.24) is 5.48 Å². The second-order valence-electron chi connectivity index (χ2n) is 3.12. The summed E-state index contributed by atoms with van der Waals surface area (Å²) >= 11 is 0. The summed E-state index contributed by atoms with van der Waals surface area (Å²) in [6.07, 6.45) is 2.95. The summed E-state index contributed by atoms with van der Waals surface area (Å²) in [7, 11) is 1.58. The van der Waals surface area contributed by atoms with E-state index in [4.69, 9.17) is 4.84 Å². The van der Waals surface area contributed by atoms with Crippen molar-refractivity contribution in [2.24, 2.45) is 0 Å². The van der Waals surface area contributed by atoms with Gasteiger partial charge in [-0.25, -0.2) is 0 Å². The van der Waals surface area contributed by atoms with Gasteiger partial charge in [0, 0.05) is 0 Å². The Hall–Kier alpha value is -0.120. The van der Waals surface area contributed by atoms with Crippen LogP contribution in [0.5, 0.6) is 0 Å². The summed E-state index contributed by atoms with van der Waals surface area (Å²) in [5.74, 6) is 0. The van der Waals surface area contributed by atoms with Crippen molar-refractivity contribution in [3.8, 4) is 0 Å². The maximum atomic E-state index is 9.64. The van der Waals surface area contributed by atoms with Crippen LogP contribution in [0, 0.1) is 0 Å². The van der Waals surface area contributed by atoms with Gasteiger partial charge in [0.1, 0.15) is 0 Å². The van der Waals surface area contributed by atoms with Crippen molar-refractivity contribution in [2.75, 3.05) is 7.11 Å². The summed E-state index contributed by atoms with van der Waals surface area (Å²) in [4.78, 5) is 4.75. The first-order valence-electron chi connectivity index (χ1n) is 3.68. The second kappa shape index (κ2) is 2.86. The topological polar surface area (TPSA) is 41.5 Å². The number of nitrogens with one attached hydrogen (secondary N) is 1. The maximum absolute atomic E-state index is 9.64. The van der Waals surface area contributed by atoms with Gasteiger partial charge in [0.15, 0.2) is 0 Å². The quantitative estimate of drug-likeness (QED) is 0.554. The molecule has 1 rings (SSSR count). The van der Waals surface area contributed by atoms with E-state index in [1.54, 1.807) is 7.11 Å². The molecule has 0 heterocycles. The molecular formula is C7H15NO2. The molecule has 0 aromatic rings. The lowest BCUT2D eigenvalue weighted by Crippen LogP contribution is -2.43. The molecule has 3 heteroatoms. The monoisotopic (exact) mass is 145 g/mol. The highest BCUT2D eigenvalue weighted by molar-refractivity contribution is 4.91. The number of hydroxylamine groups is 1. The molecular weight excluding hydrogens is 130 g/mol. The van der Waals surface area contributed by atoms with Gasteiger partial charge in [0.05, 0.1) is 18.8 Å². The number of aliphatic hydroxyl groups is 1. The number of hydrogen-bond donors (Lipinski definition) is 2. The molecule has 0 aliphatic heterocycles. The molecule has 2 N–H and O–H groups in total. The molecule has 0 aromatic carbocycles. The first kappa shape index (κ1) is 7.98. The van der Waals surface area contributed by atoms with Crippen molar-refractivity contribution in [3.63, 3.8) is 0 Å². The Labute approximate surface area is 61.3 Å². The van der Waals surface area contributed by atoms with Crippen LogP contribution in [0.1, 0.15) is 26.2 Å². The molecule has 0 aromatic heterocycles. The summed E-state index contributed by atoms with van der Waals surface area (Å²) in [6, 6.07) is 0.109. The van der Waals surface area contributed by atoms with Crippen LogP contribution in [0.25, 0.3) is 0 Å². The minimum absolute atomic E-state index is 0.109. The SMILES string of the molecule is CON[C@@H]1CCC[C@@]1(C)O. The minimum atomic E-state index is -0.573. The van der Waals surface area contributed by atoms with E-state index < -0.39 is 5.60 Å². The van der Waals surface area contributed by atoms with Crippen LogP contribution in [0.3, 0.4) is 0 Å². The van der Waals surface area contributed by atoms with E-state index in [2.05, 4.69) is 5.48 Å². The highest BCUT2D eigenvalue weighted by Crippen LogP contribution is 2.28. The largest absolute Gasteiger partial charge is 0.388 e. The maximum Gasteiger partial charge on any atom is 0.0794 e. The smallest absolute Gasteiger partial charge is 0.0794 e. The molecule has 1 fully saturated rings. The lowest BCUT2D eigenvalue weighted by atomic mass is 10.0. The number of rotatable bonds is 2. The molecule has 2 atom stereocenters. The molecule has 0 radical (unpaired) electrons. The molecule has 3 nitrogen and oxygen atoms in total. The predicted octanol–water partition coefficient (Wildman–Crippen LogP) is 0.441. The zero-order valence-electron chi connectivity index (χ0n) is 6.55. The molecule has 0 unspecified atom stereocenters. The standard InChI is InChI=1S/C7H15NO2/c1-7(9)5-3-4-6(7)8-10-2/h6,8-9H,3-5H2,1-2H3/t6-,7-/m1/s1. The van der Waals surface area contributed by atoms with Crippen LogP contribution >= 0.6 is 0 Å². The Kier molecular flexibility index (Phi) is 2.28. The average Bonchev–Trinajstić information content (AvgIpc) is 2.13. The first-order chi connectivity index (χ1) is 4.67. The molecule has 1 aliphatic carbocycles. The summed E-state index contributed by atoms with van der Waals surface area (Å²) in [5, 5.41) is 9.64. The summed E-state index contributed by atoms with van der Waals surface area (Å²) in [5.41, 5.74) is 2.21. The molecule has 0 saturated heterocycles. The molecule has 1 saturated carbocycles. The third-order valence-electron chi connectivity index (χ3n) is 2.19. The fraction of sp³-hybridized carbons (Fsp3) is 1.00. The summed E-state index contributed by atoms with van der Waals surface area (Å²) < 4.78 is 0. The van der Waals surface area contributed by atoms with E-state index in [1.165, 1.54) is 0 Å². The second-order valence-corrected chi connectivity index (χ2v) is 3.12. The fourth-order valence-electron chi connectivity index (χ4n) is 1.48. The van der Waals surface area contributed by atoms with Crippen LogP contribution in [-0.2, 0) is 4.84 Å². The van der Waals surface area contributed by atoms with Gasteiger partial charge in [-0.1, -0.05) is 0 Å².